The molecule has 1 heterocycles. The molecule has 21 heavy (non-hydrogen) atoms. The Kier molecular flexibility index (Phi) is 3.46. The average molecular weight is 281 g/mol. The van der Waals surface area contributed by atoms with Crippen LogP contribution in [0, 0.1) is 0 Å². The van der Waals surface area contributed by atoms with Crippen LogP contribution in [0.2, 0.25) is 0 Å². The molecule has 0 saturated carbocycles. The van der Waals surface area contributed by atoms with Crippen molar-refractivity contribution in [1.82, 2.24) is 0 Å². The molecule has 0 saturated heterocycles. The third-order valence-corrected chi connectivity index (χ3v) is 3.48. The Labute approximate surface area is 122 Å². The van der Waals surface area contributed by atoms with E-state index in [0.29, 0.717) is 5.76 Å². The van der Waals surface area contributed by atoms with Crippen molar-refractivity contribution in [3.8, 4) is 0 Å². The lowest BCUT2D eigenvalue weighted by atomic mass is 9.98. The predicted octanol–water partition coefficient (Wildman–Crippen LogP) is 3.27. The van der Waals surface area contributed by atoms with Gasteiger partial charge in [0.1, 0.15) is 5.76 Å². The molecule has 1 atom stereocenters. The van der Waals surface area contributed by atoms with E-state index in [2.05, 4.69) is 4.74 Å². The van der Waals surface area contributed by atoms with E-state index < -0.39 is 12.0 Å². The third-order valence-electron chi connectivity index (χ3n) is 3.48. The maximum atomic E-state index is 11.4. The highest BCUT2D eigenvalue weighted by molar-refractivity contribution is 5.87. The van der Waals surface area contributed by atoms with Crippen LogP contribution in [0.1, 0.15) is 27.9 Å². The largest absolute Gasteiger partial charge is 0.463 e. The molecule has 0 radical (unpaired) electrons. The zero-order chi connectivity index (χ0) is 14.8. The quantitative estimate of drug-likeness (QED) is 0.748. The molecule has 1 unspecified atom stereocenters. The van der Waals surface area contributed by atoms with E-state index in [-0.39, 0.29) is 5.76 Å². The summed E-state index contributed by atoms with van der Waals surface area (Å²) in [7, 11) is 1.31. The van der Waals surface area contributed by atoms with Crippen LogP contribution in [0.3, 0.4) is 0 Å². The van der Waals surface area contributed by atoms with Gasteiger partial charge in [-0.05, 0) is 28.5 Å². The number of ether oxygens (including phenoxy) is 1. The summed E-state index contributed by atoms with van der Waals surface area (Å²) in [5, 5.41) is 2.19. The normalized spacial score (nSPS) is 12.3. The van der Waals surface area contributed by atoms with Crippen LogP contribution in [0.5, 0.6) is 0 Å². The second-order valence-electron chi connectivity index (χ2n) is 4.74. The molecule has 0 amide bonds. The van der Waals surface area contributed by atoms with E-state index in [9.17, 15) is 4.79 Å². The maximum Gasteiger partial charge on any atom is 0.373 e. The summed E-state index contributed by atoms with van der Waals surface area (Å²) in [6.07, 6.45) is 0. The SMILES string of the molecule is COC(=O)c1ccc(C(N)c2cccc3ccccc23)o1. The number of fused-ring (bicyclic) bond motifs is 1. The Morgan fingerprint density at radius 3 is 2.67 bits per heavy atom. The molecule has 0 fully saturated rings. The van der Waals surface area contributed by atoms with Gasteiger partial charge in [0.05, 0.1) is 13.2 Å². The van der Waals surface area contributed by atoms with E-state index >= 15 is 0 Å². The van der Waals surface area contributed by atoms with Crippen LogP contribution in [-0.4, -0.2) is 13.1 Å². The van der Waals surface area contributed by atoms with Crippen LogP contribution in [-0.2, 0) is 4.74 Å². The first-order valence-electron chi connectivity index (χ1n) is 6.62. The molecule has 3 aromatic rings. The molecule has 0 spiro atoms. The maximum absolute atomic E-state index is 11.4. The molecule has 0 bridgehead atoms. The van der Waals surface area contributed by atoms with E-state index in [1.165, 1.54) is 7.11 Å². The summed E-state index contributed by atoms with van der Waals surface area (Å²) < 4.78 is 10.1. The van der Waals surface area contributed by atoms with Crippen LogP contribution in [0.4, 0.5) is 0 Å². The topological polar surface area (TPSA) is 65.5 Å². The van der Waals surface area contributed by atoms with Crippen LogP contribution in [0.25, 0.3) is 10.8 Å². The highest BCUT2D eigenvalue weighted by Crippen LogP contribution is 2.28. The fraction of sp³-hybridized carbons (Fsp3) is 0.118. The molecule has 4 heteroatoms. The Morgan fingerprint density at radius 1 is 1.10 bits per heavy atom. The Bertz CT molecular complexity index is 786. The lowest BCUT2D eigenvalue weighted by molar-refractivity contribution is 0.0562. The van der Waals surface area contributed by atoms with Gasteiger partial charge in [0.2, 0.25) is 5.76 Å². The van der Waals surface area contributed by atoms with E-state index in [1.807, 2.05) is 42.5 Å². The fourth-order valence-corrected chi connectivity index (χ4v) is 2.41. The molecular formula is C17H15NO3. The number of hydrogen-bond donors (Lipinski definition) is 1. The van der Waals surface area contributed by atoms with Crippen molar-refractivity contribution in [1.29, 1.82) is 0 Å². The van der Waals surface area contributed by atoms with Gasteiger partial charge in [-0.2, -0.15) is 0 Å². The second-order valence-corrected chi connectivity index (χ2v) is 4.74. The van der Waals surface area contributed by atoms with Gasteiger partial charge >= 0.3 is 5.97 Å². The van der Waals surface area contributed by atoms with Gasteiger partial charge in [0.15, 0.2) is 0 Å². The molecule has 2 N–H and O–H groups in total. The zero-order valence-corrected chi connectivity index (χ0v) is 11.6. The van der Waals surface area contributed by atoms with Crippen molar-refractivity contribution in [3.63, 3.8) is 0 Å². The fourth-order valence-electron chi connectivity index (χ4n) is 2.41. The molecule has 2 aromatic carbocycles. The number of rotatable bonds is 3. The van der Waals surface area contributed by atoms with Gasteiger partial charge in [0.25, 0.3) is 0 Å². The Morgan fingerprint density at radius 2 is 1.86 bits per heavy atom. The summed E-state index contributed by atoms with van der Waals surface area (Å²) in [5.41, 5.74) is 7.25. The number of carbonyl (C=O) groups is 1. The smallest absolute Gasteiger partial charge is 0.373 e. The molecule has 0 aliphatic heterocycles. The minimum atomic E-state index is -0.508. The van der Waals surface area contributed by atoms with Crippen LogP contribution < -0.4 is 5.73 Å². The number of benzene rings is 2. The van der Waals surface area contributed by atoms with Crippen LogP contribution in [0.15, 0.2) is 59.0 Å². The van der Waals surface area contributed by atoms with Crippen molar-refractivity contribution in [2.75, 3.05) is 7.11 Å². The summed E-state index contributed by atoms with van der Waals surface area (Å²) in [6.45, 7) is 0. The van der Waals surface area contributed by atoms with Crippen molar-refractivity contribution in [2.24, 2.45) is 5.73 Å². The molecule has 1 aromatic heterocycles. The van der Waals surface area contributed by atoms with Crippen LogP contribution >= 0.6 is 0 Å². The molecule has 0 aliphatic rings. The van der Waals surface area contributed by atoms with Crippen molar-refractivity contribution >= 4 is 16.7 Å². The van der Waals surface area contributed by atoms with Gasteiger partial charge in [-0.3, -0.25) is 0 Å². The Hall–Kier alpha value is -2.59. The van der Waals surface area contributed by atoms with Crippen molar-refractivity contribution in [3.05, 3.63) is 71.7 Å². The lowest BCUT2D eigenvalue weighted by Crippen LogP contribution is -2.11. The van der Waals surface area contributed by atoms with E-state index in [0.717, 1.165) is 16.3 Å². The molecule has 4 nitrogen and oxygen atoms in total. The monoisotopic (exact) mass is 281 g/mol. The first-order chi connectivity index (χ1) is 10.2. The first-order valence-corrected chi connectivity index (χ1v) is 6.62. The highest BCUT2D eigenvalue weighted by Gasteiger charge is 2.18. The van der Waals surface area contributed by atoms with Gasteiger partial charge in [-0.15, -0.1) is 0 Å². The molecular weight excluding hydrogens is 266 g/mol. The standard InChI is InChI=1S/C17H15NO3/c1-20-17(19)15-10-9-14(21-15)16(18)13-8-4-6-11-5-2-3-7-12(11)13/h2-10,16H,18H2,1H3. The minimum absolute atomic E-state index is 0.156. The predicted molar refractivity (Wildman–Crippen MR) is 80.0 cm³/mol. The third kappa shape index (κ3) is 2.41. The van der Waals surface area contributed by atoms with Crippen molar-refractivity contribution < 1.29 is 13.9 Å². The van der Waals surface area contributed by atoms with Gasteiger partial charge in [-0.25, -0.2) is 4.79 Å². The summed E-state index contributed by atoms with van der Waals surface area (Å²) >= 11 is 0. The van der Waals surface area contributed by atoms with Gasteiger partial charge in [-0.1, -0.05) is 42.5 Å². The number of methoxy groups -OCH3 is 1. The van der Waals surface area contributed by atoms with Gasteiger partial charge < -0.3 is 14.9 Å². The number of hydrogen-bond acceptors (Lipinski definition) is 4. The lowest BCUT2D eigenvalue weighted by Gasteiger charge is -2.12. The molecule has 3 rings (SSSR count). The highest BCUT2D eigenvalue weighted by atomic mass is 16.5. The number of carbonyl (C=O) groups excluding carboxylic acids is 1. The molecule has 0 aliphatic carbocycles. The average Bonchev–Trinajstić information content (AvgIpc) is 3.03. The zero-order valence-electron chi connectivity index (χ0n) is 11.6. The second kappa shape index (κ2) is 5.42. The van der Waals surface area contributed by atoms with Gasteiger partial charge in [0, 0.05) is 0 Å². The Balaban J connectivity index is 2.02. The van der Waals surface area contributed by atoms with E-state index in [4.69, 9.17) is 10.2 Å². The van der Waals surface area contributed by atoms with Crippen molar-refractivity contribution in [2.45, 2.75) is 6.04 Å². The molecule has 106 valence electrons. The first kappa shape index (κ1) is 13.4. The summed E-state index contributed by atoms with van der Waals surface area (Å²) in [4.78, 5) is 11.4. The number of furan rings is 1. The van der Waals surface area contributed by atoms with E-state index in [1.54, 1.807) is 12.1 Å². The number of esters is 1. The summed E-state index contributed by atoms with van der Waals surface area (Å²) in [5.74, 6) is 0.182. The summed E-state index contributed by atoms with van der Waals surface area (Å²) in [6, 6.07) is 16.8. The number of nitrogens with two attached hydrogens (primary N) is 1. The minimum Gasteiger partial charge on any atom is -0.463 e.